The van der Waals surface area contributed by atoms with E-state index in [0.29, 0.717) is 23.4 Å². The molecule has 28 heavy (non-hydrogen) atoms. The van der Waals surface area contributed by atoms with E-state index >= 15 is 0 Å². The first-order chi connectivity index (χ1) is 13.0. The molecule has 0 aliphatic carbocycles. The molecule has 3 rings (SSSR count). The molecule has 0 spiro atoms. The molecule has 0 aliphatic rings. The minimum Gasteiger partial charge on any atom is -0.233 e. The predicted molar refractivity (Wildman–Crippen MR) is 102 cm³/mol. The maximum atomic E-state index is 13.2. The molecule has 0 amide bonds. The van der Waals surface area contributed by atoms with Crippen molar-refractivity contribution in [3.63, 3.8) is 0 Å². The SMILES string of the molecule is Cc1ccc(-n2nc(C(F)(F)F)cc2-c2ccc(CCS(C)(=O)=O)cc2)cc1. The first-order valence-electron chi connectivity index (χ1n) is 8.54. The number of aromatic nitrogens is 2. The summed E-state index contributed by atoms with van der Waals surface area (Å²) in [6.45, 7) is 1.89. The van der Waals surface area contributed by atoms with Crippen molar-refractivity contribution < 1.29 is 21.6 Å². The normalized spacial score (nSPS) is 12.3. The molecule has 2 aromatic carbocycles. The highest BCUT2D eigenvalue weighted by Crippen LogP contribution is 2.33. The predicted octanol–water partition coefficient (Wildman–Crippen LogP) is 4.45. The number of hydrogen-bond acceptors (Lipinski definition) is 3. The molecule has 0 bridgehead atoms. The van der Waals surface area contributed by atoms with Gasteiger partial charge in [0, 0.05) is 11.8 Å². The van der Waals surface area contributed by atoms with Crippen molar-refractivity contribution in [2.24, 2.45) is 0 Å². The van der Waals surface area contributed by atoms with Gasteiger partial charge in [0.1, 0.15) is 9.84 Å². The van der Waals surface area contributed by atoms with Crippen LogP contribution in [0, 0.1) is 6.92 Å². The fourth-order valence-corrected chi connectivity index (χ4v) is 3.36. The zero-order chi connectivity index (χ0) is 20.5. The van der Waals surface area contributed by atoms with Crippen molar-refractivity contribution in [3.05, 3.63) is 71.4 Å². The molecule has 0 saturated heterocycles. The summed E-state index contributed by atoms with van der Waals surface area (Å²) in [6.07, 6.45) is -3.04. The Balaban J connectivity index is 2.00. The molecule has 0 aliphatic heterocycles. The van der Waals surface area contributed by atoms with Crippen molar-refractivity contribution >= 4 is 9.84 Å². The second-order valence-corrected chi connectivity index (χ2v) is 9.00. The Morgan fingerprint density at radius 1 is 1.00 bits per heavy atom. The van der Waals surface area contributed by atoms with E-state index in [9.17, 15) is 21.6 Å². The van der Waals surface area contributed by atoms with Gasteiger partial charge in [-0.3, -0.25) is 0 Å². The number of nitrogens with zero attached hydrogens (tertiary/aromatic N) is 2. The Labute approximate surface area is 161 Å². The van der Waals surface area contributed by atoms with Crippen LogP contribution in [0.2, 0.25) is 0 Å². The fraction of sp³-hybridized carbons (Fsp3) is 0.250. The summed E-state index contributed by atoms with van der Waals surface area (Å²) in [5.41, 5.74) is 2.22. The van der Waals surface area contributed by atoms with E-state index in [0.717, 1.165) is 17.2 Å². The summed E-state index contributed by atoms with van der Waals surface area (Å²) < 4.78 is 63.5. The average molecular weight is 408 g/mol. The molecule has 0 saturated carbocycles. The number of sulfone groups is 1. The summed E-state index contributed by atoms with van der Waals surface area (Å²) in [7, 11) is -3.08. The lowest BCUT2D eigenvalue weighted by molar-refractivity contribution is -0.141. The largest absolute Gasteiger partial charge is 0.435 e. The average Bonchev–Trinajstić information content (AvgIpc) is 3.06. The second-order valence-electron chi connectivity index (χ2n) is 6.74. The summed E-state index contributed by atoms with van der Waals surface area (Å²) in [6, 6.07) is 14.9. The van der Waals surface area contributed by atoms with Crippen LogP contribution in [0.25, 0.3) is 16.9 Å². The topological polar surface area (TPSA) is 52.0 Å². The zero-order valence-electron chi connectivity index (χ0n) is 15.4. The summed E-state index contributed by atoms with van der Waals surface area (Å²) in [4.78, 5) is 0. The monoisotopic (exact) mass is 408 g/mol. The Morgan fingerprint density at radius 3 is 2.14 bits per heavy atom. The first-order valence-corrected chi connectivity index (χ1v) is 10.6. The third kappa shape index (κ3) is 4.81. The molecule has 1 heterocycles. The van der Waals surface area contributed by atoms with Crippen molar-refractivity contribution in [3.8, 4) is 16.9 Å². The zero-order valence-corrected chi connectivity index (χ0v) is 16.2. The van der Waals surface area contributed by atoms with Crippen molar-refractivity contribution in [2.75, 3.05) is 12.0 Å². The van der Waals surface area contributed by atoms with Gasteiger partial charge in [0.15, 0.2) is 5.69 Å². The third-order valence-electron chi connectivity index (χ3n) is 4.29. The van der Waals surface area contributed by atoms with Crippen LogP contribution in [0.3, 0.4) is 0 Å². The number of hydrogen-bond donors (Lipinski definition) is 0. The van der Waals surface area contributed by atoms with Gasteiger partial charge in [0.2, 0.25) is 0 Å². The van der Waals surface area contributed by atoms with Crippen molar-refractivity contribution in [2.45, 2.75) is 19.5 Å². The van der Waals surface area contributed by atoms with Crippen molar-refractivity contribution in [1.82, 2.24) is 9.78 Å². The van der Waals surface area contributed by atoms with Gasteiger partial charge in [-0.2, -0.15) is 18.3 Å². The maximum Gasteiger partial charge on any atom is 0.435 e. The molecule has 0 unspecified atom stereocenters. The Morgan fingerprint density at radius 2 is 1.61 bits per heavy atom. The first kappa shape index (κ1) is 20.1. The summed E-state index contributed by atoms with van der Waals surface area (Å²) >= 11 is 0. The number of alkyl halides is 3. The molecule has 148 valence electrons. The lowest BCUT2D eigenvalue weighted by atomic mass is 10.1. The Bertz CT molecular complexity index is 1070. The summed E-state index contributed by atoms with van der Waals surface area (Å²) in [5, 5.41) is 3.76. The highest BCUT2D eigenvalue weighted by Gasteiger charge is 2.35. The van der Waals surface area contributed by atoms with E-state index in [-0.39, 0.29) is 5.75 Å². The minimum absolute atomic E-state index is 0.0197. The van der Waals surface area contributed by atoms with Gasteiger partial charge < -0.3 is 0 Å². The van der Waals surface area contributed by atoms with Crippen LogP contribution in [-0.4, -0.2) is 30.2 Å². The number of rotatable bonds is 5. The molecule has 3 aromatic rings. The summed E-state index contributed by atoms with van der Waals surface area (Å²) in [5.74, 6) is 0.0197. The molecule has 1 aromatic heterocycles. The maximum absolute atomic E-state index is 13.2. The van der Waals surface area contributed by atoms with Crippen LogP contribution >= 0.6 is 0 Å². The molecule has 0 atom stereocenters. The molecule has 0 N–H and O–H groups in total. The van der Waals surface area contributed by atoms with Gasteiger partial charge in [0.05, 0.1) is 17.1 Å². The molecular weight excluding hydrogens is 389 g/mol. The number of benzene rings is 2. The third-order valence-corrected chi connectivity index (χ3v) is 5.24. The quantitative estimate of drug-likeness (QED) is 0.627. The molecule has 0 fully saturated rings. The van der Waals surface area contributed by atoms with Crippen LogP contribution in [-0.2, 0) is 22.4 Å². The number of aryl methyl sites for hydroxylation is 2. The molecular formula is C20H19F3N2O2S. The van der Waals surface area contributed by atoms with E-state index in [1.807, 2.05) is 19.1 Å². The van der Waals surface area contributed by atoms with Gasteiger partial charge in [-0.15, -0.1) is 0 Å². The van der Waals surface area contributed by atoms with Crippen LogP contribution < -0.4 is 0 Å². The second kappa shape index (κ2) is 7.43. The lowest BCUT2D eigenvalue weighted by Gasteiger charge is -2.09. The highest BCUT2D eigenvalue weighted by molar-refractivity contribution is 7.90. The highest BCUT2D eigenvalue weighted by atomic mass is 32.2. The lowest BCUT2D eigenvalue weighted by Crippen LogP contribution is -2.07. The Hall–Kier alpha value is -2.61. The molecule has 8 heteroatoms. The van der Waals surface area contributed by atoms with Gasteiger partial charge >= 0.3 is 6.18 Å². The van der Waals surface area contributed by atoms with Gasteiger partial charge in [-0.1, -0.05) is 42.0 Å². The van der Waals surface area contributed by atoms with Gasteiger partial charge in [-0.05, 0) is 37.1 Å². The Kier molecular flexibility index (Phi) is 5.34. The smallest absolute Gasteiger partial charge is 0.233 e. The van der Waals surface area contributed by atoms with Gasteiger partial charge in [0.25, 0.3) is 0 Å². The molecule has 4 nitrogen and oxygen atoms in total. The van der Waals surface area contributed by atoms with E-state index in [2.05, 4.69) is 5.10 Å². The number of halogens is 3. The van der Waals surface area contributed by atoms with E-state index in [4.69, 9.17) is 0 Å². The van der Waals surface area contributed by atoms with Crippen LogP contribution in [0.1, 0.15) is 16.8 Å². The van der Waals surface area contributed by atoms with Crippen molar-refractivity contribution in [1.29, 1.82) is 0 Å². The van der Waals surface area contributed by atoms with Crippen LogP contribution in [0.5, 0.6) is 0 Å². The van der Waals surface area contributed by atoms with Crippen LogP contribution in [0.15, 0.2) is 54.6 Å². The van der Waals surface area contributed by atoms with E-state index in [1.165, 1.54) is 10.9 Å². The van der Waals surface area contributed by atoms with Gasteiger partial charge in [-0.25, -0.2) is 13.1 Å². The minimum atomic E-state index is -4.56. The standard InChI is InChI=1S/C20H19F3N2O2S/c1-14-3-9-17(10-4-14)25-18(13-19(24-25)20(21,22)23)16-7-5-15(6-8-16)11-12-28(2,26)27/h3-10,13H,11-12H2,1-2H3. The molecule has 0 radical (unpaired) electrons. The van der Waals surface area contributed by atoms with E-state index in [1.54, 1.807) is 36.4 Å². The fourth-order valence-electron chi connectivity index (χ4n) is 2.75. The van der Waals surface area contributed by atoms with Crippen LogP contribution in [0.4, 0.5) is 13.2 Å². The van der Waals surface area contributed by atoms with E-state index < -0.39 is 21.7 Å².